The Balaban J connectivity index is 2.15. The molecule has 0 bridgehead atoms. The fraction of sp³-hybridized carbons (Fsp3) is 0.636. The van der Waals surface area contributed by atoms with Crippen LogP contribution in [0.1, 0.15) is 57.0 Å². The van der Waals surface area contributed by atoms with Gasteiger partial charge < -0.3 is 14.5 Å². The van der Waals surface area contributed by atoms with Gasteiger partial charge in [-0.25, -0.2) is 17.9 Å². The highest BCUT2D eigenvalue weighted by Gasteiger charge is 2.27. The Morgan fingerprint density at radius 2 is 1.71 bits per heavy atom. The van der Waals surface area contributed by atoms with E-state index in [1.165, 1.54) is 12.1 Å². The van der Waals surface area contributed by atoms with E-state index in [2.05, 4.69) is 4.72 Å². The predicted octanol–water partition coefficient (Wildman–Crippen LogP) is 3.01. The summed E-state index contributed by atoms with van der Waals surface area (Å²) in [5, 5.41) is 0. The summed E-state index contributed by atoms with van der Waals surface area (Å²) in [6.45, 7) is 13.1. The lowest BCUT2D eigenvalue weighted by Gasteiger charge is -2.24. The van der Waals surface area contributed by atoms with Crippen LogP contribution >= 0.6 is 0 Å². The number of hydrogen-bond donors (Lipinski definition) is 1. The number of carbonyl (C=O) groups excluding carboxylic acids is 2. The van der Waals surface area contributed by atoms with Gasteiger partial charge in [0.25, 0.3) is 5.91 Å². The van der Waals surface area contributed by atoms with Crippen molar-refractivity contribution in [2.45, 2.75) is 58.4 Å². The third-order valence-corrected chi connectivity index (χ3v) is 6.53. The van der Waals surface area contributed by atoms with E-state index in [0.29, 0.717) is 50.3 Å². The van der Waals surface area contributed by atoms with E-state index >= 15 is 0 Å². The smallest absolute Gasteiger partial charge is 0.409 e. The van der Waals surface area contributed by atoms with Gasteiger partial charge in [-0.05, 0) is 57.7 Å². The highest BCUT2D eigenvalue weighted by molar-refractivity contribution is 7.89. The number of sulfonamides is 1. The van der Waals surface area contributed by atoms with Crippen LogP contribution in [0.4, 0.5) is 4.79 Å². The van der Waals surface area contributed by atoms with E-state index in [9.17, 15) is 18.0 Å². The molecule has 1 N–H and O–H groups in total. The minimum absolute atomic E-state index is 0.0603. The molecule has 174 valence electrons. The first-order chi connectivity index (χ1) is 14.3. The largest absolute Gasteiger partial charge is 0.449 e. The summed E-state index contributed by atoms with van der Waals surface area (Å²) in [5.74, 6) is 0.0241. The van der Waals surface area contributed by atoms with Gasteiger partial charge in [-0.1, -0.05) is 19.9 Å². The molecule has 0 atom stereocenters. The van der Waals surface area contributed by atoms with Gasteiger partial charge in [-0.15, -0.1) is 0 Å². The van der Waals surface area contributed by atoms with Crippen molar-refractivity contribution in [2.75, 3.05) is 32.8 Å². The van der Waals surface area contributed by atoms with Gasteiger partial charge in [0.2, 0.25) is 10.0 Å². The number of nitrogens with one attached hydrogen (secondary N) is 1. The van der Waals surface area contributed by atoms with Crippen molar-refractivity contribution in [1.82, 2.24) is 14.5 Å². The maximum Gasteiger partial charge on any atom is 0.409 e. The monoisotopic (exact) mass is 453 g/mol. The van der Waals surface area contributed by atoms with Crippen LogP contribution < -0.4 is 4.72 Å². The van der Waals surface area contributed by atoms with Crippen LogP contribution in [0.25, 0.3) is 0 Å². The Morgan fingerprint density at radius 3 is 2.32 bits per heavy atom. The first-order valence-corrected chi connectivity index (χ1v) is 12.1. The highest BCUT2D eigenvalue weighted by atomic mass is 32.2. The average Bonchev–Trinajstić information content (AvgIpc) is 2.90. The number of ether oxygens (including phenoxy) is 1. The summed E-state index contributed by atoms with van der Waals surface area (Å²) in [7, 11) is -3.75. The zero-order chi connectivity index (χ0) is 23.4. The summed E-state index contributed by atoms with van der Waals surface area (Å²) in [4.78, 5) is 28.8. The molecule has 9 heteroatoms. The number of carbonyl (C=O) groups is 2. The van der Waals surface area contributed by atoms with Gasteiger partial charge in [-0.3, -0.25) is 4.79 Å². The molecule has 0 radical (unpaired) electrons. The van der Waals surface area contributed by atoms with Crippen LogP contribution in [0, 0.1) is 12.8 Å². The first-order valence-electron chi connectivity index (χ1n) is 10.7. The molecule has 1 aliphatic heterocycles. The number of benzene rings is 1. The van der Waals surface area contributed by atoms with Gasteiger partial charge in [0.15, 0.2) is 0 Å². The normalized spacial score (nSPS) is 15.7. The van der Waals surface area contributed by atoms with Crippen molar-refractivity contribution >= 4 is 22.0 Å². The molecule has 1 aromatic carbocycles. The molecule has 0 aromatic heterocycles. The number of nitrogens with zero attached hydrogens (tertiary/aromatic N) is 2. The fourth-order valence-corrected chi connectivity index (χ4v) is 4.71. The predicted molar refractivity (Wildman–Crippen MR) is 120 cm³/mol. The van der Waals surface area contributed by atoms with Gasteiger partial charge >= 0.3 is 6.09 Å². The molecule has 0 saturated carbocycles. The van der Waals surface area contributed by atoms with Crippen molar-refractivity contribution < 1.29 is 22.7 Å². The fourth-order valence-electron chi connectivity index (χ4n) is 3.26. The minimum atomic E-state index is -3.75. The molecule has 1 aromatic rings. The molecule has 2 rings (SSSR count). The molecule has 31 heavy (non-hydrogen) atoms. The summed E-state index contributed by atoms with van der Waals surface area (Å²) >= 11 is 0. The number of hydrogen-bond acceptors (Lipinski definition) is 5. The molecule has 0 unspecified atom stereocenters. The lowest BCUT2D eigenvalue weighted by Crippen LogP contribution is -2.40. The Bertz CT molecular complexity index is 906. The van der Waals surface area contributed by atoms with Crippen LogP contribution in [0.5, 0.6) is 0 Å². The maximum atomic E-state index is 13.2. The summed E-state index contributed by atoms with van der Waals surface area (Å²) < 4.78 is 33.3. The van der Waals surface area contributed by atoms with E-state index in [-0.39, 0.29) is 22.8 Å². The SMILES string of the molecule is Cc1ccc(S(=O)(=O)NC(C)(C)C)cc1C(=O)N1CCCN(C(=O)OCC(C)C)CC1. The molecule has 0 aliphatic carbocycles. The zero-order valence-corrected chi connectivity index (χ0v) is 20.2. The van der Waals surface area contributed by atoms with Crippen molar-refractivity contribution in [3.8, 4) is 0 Å². The van der Waals surface area contributed by atoms with Crippen LogP contribution in [0.15, 0.2) is 23.1 Å². The molecule has 8 nitrogen and oxygen atoms in total. The van der Waals surface area contributed by atoms with Crippen molar-refractivity contribution in [2.24, 2.45) is 5.92 Å². The summed E-state index contributed by atoms with van der Waals surface area (Å²) in [5.41, 5.74) is 0.427. The van der Waals surface area contributed by atoms with Gasteiger partial charge in [-0.2, -0.15) is 0 Å². The summed E-state index contributed by atoms with van der Waals surface area (Å²) in [6.07, 6.45) is 0.269. The number of aryl methyl sites for hydroxylation is 1. The minimum Gasteiger partial charge on any atom is -0.449 e. The molecule has 1 saturated heterocycles. The number of rotatable bonds is 5. The Morgan fingerprint density at radius 1 is 1.10 bits per heavy atom. The lowest BCUT2D eigenvalue weighted by atomic mass is 10.1. The van der Waals surface area contributed by atoms with Crippen LogP contribution in [0.2, 0.25) is 0 Å². The average molecular weight is 454 g/mol. The topological polar surface area (TPSA) is 96.0 Å². The van der Waals surface area contributed by atoms with Crippen LogP contribution in [0.3, 0.4) is 0 Å². The van der Waals surface area contributed by atoms with Crippen LogP contribution in [-0.4, -0.2) is 68.5 Å². The second kappa shape index (κ2) is 9.99. The van der Waals surface area contributed by atoms with E-state index in [1.54, 1.807) is 43.6 Å². The Labute approximate surface area is 186 Å². The van der Waals surface area contributed by atoms with Crippen molar-refractivity contribution in [3.63, 3.8) is 0 Å². The summed E-state index contributed by atoms with van der Waals surface area (Å²) in [6, 6.07) is 4.60. The molecular weight excluding hydrogens is 418 g/mol. The molecule has 1 fully saturated rings. The standard InChI is InChI=1S/C22H35N3O5S/c1-16(2)15-30-21(27)25-11-7-10-24(12-13-25)20(26)19-14-18(9-8-17(19)3)31(28,29)23-22(4,5)6/h8-9,14,16,23H,7,10-13,15H2,1-6H3. The second-order valence-corrected chi connectivity index (χ2v) is 11.1. The highest BCUT2D eigenvalue weighted by Crippen LogP contribution is 2.20. The second-order valence-electron chi connectivity index (χ2n) is 9.44. The number of amides is 2. The van der Waals surface area contributed by atoms with Crippen molar-refractivity contribution in [3.05, 3.63) is 29.3 Å². The molecular formula is C22H35N3O5S. The van der Waals surface area contributed by atoms with E-state index in [4.69, 9.17) is 4.74 Å². The van der Waals surface area contributed by atoms with Gasteiger partial charge in [0.1, 0.15) is 0 Å². The molecule has 0 spiro atoms. The van der Waals surface area contributed by atoms with E-state index < -0.39 is 15.6 Å². The van der Waals surface area contributed by atoms with Crippen molar-refractivity contribution in [1.29, 1.82) is 0 Å². The van der Waals surface area contributed by atoms with Gasteiger partial charge in [0, 0.05) is 37.3 Å². The zero-order valence-electron chi connectivity index (χ0n) is 19.4. The first kappa shape index (κ1) is 25.1. The maximum absolute atomic E-state index is 13.2. The third kappa shape index (κ3) is 7.21. The molecule has 2 amide bonds. The van der Waals surface area contributed by atoms with E-state index in [0.717, 1.165) is 0 Å². The van der Waals surface area contributed by atoms with Gasteiger partial charge in [0.05, 0.1) is 11.5 Å². The van der Waals surface area contributed by atoms with Crippen LogP contribution in [-0.2, 0) is 14.8 Å². The Kier molecular flexibility index (Phi) is 8.10. The Hall–Kier alpha value is -2.13. The van der Waals surface area contributed by atoms with E-state index in [1.807, 2.05) is 13.8 Å². The third-order valence-electron chi connectivity index (χ3n) is 4.77. The molecule has 1 aliphatic rings. The quantitative estimate of drug-likeness (QED) is 0.739. The molecule has 1 heterocycles. The lowest BCUT2D eigenvalue weighted by molar-refractivity contribution is 0.0745.